The summed E-state index contributed by atoms with van der Waals surface area (Å²) in [6, 6.07) is 0.917. The summed E-state index contributed by atoms with van der Waals surface area (Å²) < 4.78 is 13.5. The highest BCUT2D eigenvalue weighted by molar-refractivity contribution is 4.99. The highest BCUT2D eigenvalue weighted by Crippen LogP contribution is 2.33. The summed E-state index contributed by atoms with van der Waals surface area (Å²) in [5.41, 5.74) is 6.62. The van der Waals surface area contributed by atoms with Crippen LogP contribution in [0.15, 0.2) is 0 Å². The molecule has 0 bridgehead atoms. The van der Waals surface area contributed by atoms with Gasteiger partial charge in [-0.2, -0.15) is 0 Å². The number of hydrogen-bond donors (Lipinski definition) is 6. The van der Waals surface area contributed by atoms with E-state index in [1.54, 1.807) is 0 Å². The van der Waals surface area contributed by atoms with Crippen molar-refractivity contribution in [2.24, 2.45) is 11.8 Å². The molecule has 6 nitrogen and oxygen atoms in total. The molecule has 6 N–H and O–H groups in total. The minimum atomic E-state index is -0.675. The fourth-order valence-corrected chi connectivity index (χ4v) is 5.46. The summed E-state index contributed by atoms with van der Waals surface area (Å²) in [6.45, 7) is 2.18. The predicted molar refractivity (Wildman–Crippen MR) is 99.7 cm³/mol. The van der Waals surface area contributed by atoms with Crippen molar-refractivity contribution >= 4 is 0 Å². The molecule has 0 aromatic heterocycles. The molecule has 0 aromatic rings. The summed E-state index contributed by atoms with van der Waals surface area (Å²) in [6.07, 6.45) is 7.97. The van der Waals surface area contributed by atoms with Gasteiger partial charge in [0.05, 0.1) is 24.6 Å². The van der Waals surface area contributed by atoms with E-state index in [1.807, 2.05) is 0 Å². The molecular formula is C19H36FN5O. The smallest absolute Gasteiger partial charge is 0.100 e. The molecule has 2 saturated carbocycles. The molecule has 4 aliphatic rings. The van der Waals surface area contributed by atoms with Crippen molar-refractivity contribution in [3.8, 4) is 0 Å². The molecule has 2 aliphatic heterocycles. The first-order chi connectivity index (χ1) is 12.6. The van der Waals surface area contributed by atoms with Gasteiger partial charge in [-0.05, 0) is 57.8 Å². The minimum Gasteiger partial charge on any atom is -0.390 e. The van der Waals surface area contributed by atoms with E-state index < -0.39 is 12.3 Å². The van der Waals surface area contributed by atoms with Crippen LogP contribution in [0.5, 0.6) is 0 Å². The number of hydrogen-bond acceptors (Lipinski definition) is 6. The average molecular weight is 370 g/mol. The number of nitrogens with one attached hydrogen (secondary N) is 5. The van der Waals surface area contributed by atoms with Crippen LogP contribution in [0, 0.1) is 11.8 Å². The van der Waals surface area contributed by atoms with Crippen LogP contribution in [0.1, 0.15) is 64.7 Å². The van der Waals surface area contributed by atoms with Crippen molar-refractivity contribution in [1.29, 1.82) is 0 Å². The maximum atomic E-state index is 13.5. The van der Waals surface area contributed by atoms with Gasteiger partial charge in [0.25, 0.3) is 0 Å². The monoisotopic (exact) mass is 369 g/mol. The average Bonchev–Trinajstić information content (AvgIpc) is 3.06. The zero-order valence-corrected chi connectivity index (χ0v) is 15.9. The predicted octanol–water partition coefficient (Wildman–Crippen LogP) is 1.08. The molecule has 26 heavy (non-hydrogen) atoms. The molecular weight excluding hydrogens is 333 g/mol. The number of alkyl halides is 1. The molecule has 2 saturated heterocycles. The third-order valence-electron chi connectivity index (χ3n) is 7.00. The van der Waals surface area contributed by atoms with E-state index in [-0.39, 0.29) is 24.4 Å². The third kappa shape index (κ3) is 4.23. The zero-order valence-electron chi connectivity index (χ0n) is 15.9. The molecule has 7 atom stereocenters. The molecule has 0 radical (unpaired) electrons. The second kappa shape index (κ2) is 8.37. The highest BCUT2D eigenvalue weighted by Gasteiger charge is 2.43. The van der Waals surface area contributed by atoms with E-state index in [4.69, 9.17) is 0 Å². The van der Waals surface area contributed by atoms with Crippen LogP contribution in [-0.4, -0.2) is 48.0 Å². The number of fused-ring (bicyclic) bond motifs is 1. The zero-order chi connectivity index (χ0) is 18.1. The Bertz CT molecular complexity index is 461. The van der Waals surface area contributed by atoms with E-state index in [0.29, 0.717) is 30.8 Å². The normalized spacial score (nSPS) is 48.1. The Hall–Kier alpha value is -0.310. The number of halogens is 1. The van der Waals surface area contributed by atoms with Crippen LogP contribution in [-0.2, 0) is 0 Å². The number of aliphatic hydroxyl groups is 1. The summed E-state index contributed by atoms with van der Waals surface area (Å²) in [5, 5.41) is 22.1. The lowest BCUT2D eigenvalue weighted by atomic mass is 9.78. The number of aliphatic hydroxyl groups excluding tert-OH is 1. The second-order valence-electron chi connectivity index (χ2n) is 8.99. The maximum Gasteiger partial charge on any atom is 0.100 e. The number of rotatable bonds is 4. The van der Waals surface area contributed by atoms with Crippen LogP contribution >= 0.6 is 0 Å². The summed E-state index contributed by atoms with van der Waals surface area (Å²) in [5.74, 6) is 0.741. The molecule has 4 fully saturated rings. The first-order valence-corrected chi connectivity index (χ1v) is 10.7. The summed E-state index contributed by atoms with van der Waals surface area (Å²) in [4.78, 5) is 0. The molecule has 150 valence electrons. The van der Waals surface area contributed by atoms with Gasteiger partial charge in [-0.25, -0.2) is 9.82 Å². The SMILES string of the molecule is CC1CC(NC2NC([C@@H](O)C3CCC(F)CC3)NC3CCCCC32)NN1. The lowest BCUT2D eigenvalue weighted by molar-refractivity contribution is -0.0165. The van der Waals surface area contributed by atoms with E-state index >= 15 is 0 Å². The van der Waals surface area contributed by atoms with Gasteiger partial charge in [0.15, 0.2) is 0 Å². The quantitative estimate of drug-likeness (QED) is 0.445. The molecule has 7 heteroatoms. The molecule has 4 rings (SSSR count). The highest BCUT2D eigenvalue weighted by atomic mass is 19.1. The summed E-state index contributed by atoms with van der Waals surface area (Å²) >= 11 is 0. The molecule has 6 unspecified atom stereocenters. The Balaban J connectivity index is 1.41. The van der Waals surface area contributed by atoms with Gasteiger partial charge < -0.3 is 5.11 Å². The van der Waals surface area contributed by atoms with Gasteiger partial charge >= 0.3 is 0 Å². The van der Waals surface area contributed by atoms with Crippen molar-refractivity contribution in [2.45, 2.75) is 108 Å². The first-order valence-electron chi connectivity index (χ1n) is 10.7. The molecule has 0 spiro atoms. The van der Waals surface area contributed by atoms with Crippen molar-refractivity contribution in [2.75, 3.05) is 0 Å². The standard InChI is InChI=1S/C19H36FN5O/c1-11-10-16(25-24-11)22-18-14-4-2-3-5-15(14)21-19(23-18)17(26)12-6-8-13(20)9-7-12/h11-19,21-26H,2-10H2,1H3/t11?,12?,13?,14?,15?,16?,17-,18?,19?/m0/s1. The number of hydrazine groups is 1. The van der Waals surface area contributed by atoms with E-state index in [1.165, 1.54) is 25.7 Å². The molecule has 2 heterocycles. The van der Waals surface area contributed by atoms with E-state index in [9.17, 15) is 9.50 Å². The van der Waals surface area contributed by atoms with E-state index in [2.05, 4.69) is 33.7 Å². The molecule has 2 aliphatic carbocycles. The molecule has 0 amide bonds. The van der Waals surface area contributed by atoms with E-state index in [0.717, 1.165) is 19.3 Å². The molecule has 0 aromatic carbocycles. The fourth-order valence-electron chi connectivity index (χ4n) is 5.46. The van der Waals surface area contributed by atoms with Gasteiger partial charge in [-0.15, -0.1) is 0 Å². The van der Waals surface area contributed by atoms with Gasteiger partial charge in [0, 0.05) is 18.0 Å². The minimum absolute atomic E-state index is 0.111. The van der Waals surface area contributed by atoms with Gasteiger partial charge in [0.2, 0.25) is 0 Å². The van der Waals surface area contributed by atoms with Crippen LogP contribution < -0.4 is 26.8 Å². The van der Waals surface area contributed by atoms with Crippen LogP contribution in [0.3, 0.4) is 0 Å². The van der Waals surface area contributed by atoms with Gasteiger partial charge in [0.1, 0.15) is 6.17 Å². The Morgan fingerprint density at radius 3 is 2.50 bits per heavy atom. The largest absolute Gasteiger partial charge is 0.390 e. The van der Waals surface area contributed by atoms with Crippen molar-refractivity contribution in [3.63, 3.8) is 0 Å². The Morgan fingerprint density at radius 2 is 1.77 bits per heavy atom. The van der Waals surface area contributed by atoms with Crippen LogP contribution in [0.25, 0.3) is 0 Å². The third-order valence-corrected chi connectivity index (χ3v) is 7.00. The second-order valence-corrected chi connectivity index (χ2v) is 8.99. The fraction of sp³-hybridized carbons (Fsp3) is 1.00. The van der Waals surface area contributed by atoms with Crippen LogP contribution in [0.4, 0.5) is 4.39 Å². The summed E-state index contributed by atoms with van der Waals surface area (Å²) in [7, 11) is 0. The Labute approximate surface area is 156 Å². The van der Waals surface area contributed by atoms with Crippen molar-refractivity contribution < 1.29 is 9.50 Å². The first kappa shape index (κ1) is 19.0. The topological polar surface area (TPSA) is 80.4 Å². The Kier molecular flexibility index (Phi) is 6.12. The van der Waals surface area contributed by atoms with Crippen molar-refractivity contribution in [1.82, 2.24) is 26.8 Å². The Morgan fingerprint density at radius 1 is 1.00 bits per heavy atom. The maximum absolute atomic E-state index is 13.5. The lowest BCUT2D eigenvalue weighted by Gasteiger charge is -2.49. The van der Waals surface area contributed by atoms with Crippen molar-refractivity contribution in [3.05, 3.63) is 0 Å². The van der Waals surface area contributed by atoms with Gasteiger partial charge in [-0.1, -0.05) is 12.8 Å². The van der Waals surface area contributed by atoms with Gasteiger partial charge in [-0.3, -0.25) is 21.4 Å². The lowest BCUT2D eigenvalue weighted by Crippen LogP contribution is -2.72. The van der Waals surface area contributed by atoms with Crippen LogP contribution in [0.2, 0.25) is 0 Å².